The zero-order valence-corrected chi connectivity index (χ0v) is 29.2. The zero-order chi connectivity index (χ0) is 33.0. The summed E-state index contributed by atoms with van der Waals surface area (Å²) in [4.78, 5) is 53.5. The average molecular weight is 612 g/mol. The number of hydrogen-bond acceptors (Lipinski definition) is 7. The molecule has 3 rings (SSSR count). The van der Waals surface area contributed by atoms with Crippen molar-refractivity contribution in [2.45, 2.75) is 118 Å². The molecule has 0 radical (unpaired) electrons. The Kier molecular flexibility index (Phi) is 21.2. The number of carbonyl (C=O) groups is 4. The number of likely N-dealkylation sites (N-methyl/N-ethyl adjacent to an activating group) is 1. The molecule has 3 heterocycles. The number of ether oxygens (including phenoxy) is 1. The van der Waals surface area contributed by atoms with E-state index in [1.807, 2.05) is 25.7 Å². The van der Waals surface area contributed by atoms with Crippen molar-refractivity contribution in [3.05, 3.63) is 0 Å². The summed E-state index contributed by atoms with van der Waals surface area (Å²) in [6, 6.07) is -0.0242. The molecular weight excluding hydrogens is 546 g/mol. The summed E-state index contributed by atoms with van der Waals surface area (Å²) in [5, 5.41) is 2.43. The summed E-state index contributed by atoms with van der Waals surface area (Å²) in [5.74, 6) is 1.26. The van der Waals surface area contributed by atoms with Gasteiger partial charge in [-0.2, -0.15) is 0 Å². The Labute approximate surface area is 263 Å². The van der Waals surface area contributed by atoms with Gasteiger partial charge in [-0.15, -0.1) is 0 Å². The molecule has 10 nitrogen and oxygen atoms in total. The minimum atomic E-state index is -0.318. The van der Waals surface area contributed by atoms with Crippen molar-refractivity contribution in [3.63, 3.8) is 0 Å². The van der Waals surface area contributed by atoms with Crippen LogP contribution in [0.3, 0.4) is 0 Å². The van der Waals surface area contributed by atoms with E-state index in [1.54, 1.807) is 11.9 Å². The molecule has 3 saturated heterocycles. The van der Waals surface area contributed by atoms with Crippen molar-refractivity contribution in [1.82, 2.24) is 24.9 Å². The predicted octanol–water partition coefficient (Wildman–Crippen LogP) is 4.02. The van der Waals surface area contributed by atoms with Gasteiger partial charge in [0.05, 0.1) is 12.6 Å². The number of carbonyl (C=O) groups excluding carboxylic acids is 4. The van der Waals surface area contributed by atoms with Crippen molar-refractivity contribution < 1.29 is 23.9 Å². The van der Waals surface area contributed by atoms with Gasteiger partial charge in [-0.3, -0.25) is 24.1 Å². The van der Waals surface area contributed by atoms with Crippen molar-refractivity contribution in [1.29, 1.82) is 0 Å². The third kappa shape index (κ3) is 18.9. The van der Waals surface area contributed by atoms with Gasteiger partial charge >= 0.3 is 0 Å². The van der Waals surface area contributed by atoms with Crippen LogP contribution in [0.5, 0.6) is 0 Å². The lowest BCUT2D eigenvalue weighted by Crippen LogP contribution is -2.53. The lowest BCUT2D eigenvalue weighted by Gasteiger charge is -2.37. The fourth-order valence-electron chi connectivity index (χ4n) is 5.13. The number of piperidine rings is 1. The molecule has 10 heteroatoms. The van der Waals surface area contributed by atoms with Crippen LogP contribution in [0, 0.1) is 11.8 Å². The Hall–Kier alpha value is -2.20. The second-order valence-corrected chi connectivity index (χ2v) is 13.9. The minimum absolute atomic E-state index is 0.0133. The molecule has 0 aromatic heterocycles. The second-order valence-electron chi connectivity index (χ2n) is 13.9. The maximum atomic E-state index is 12.8. The van der Waals surface area contributed by atoms with Gasteiger partial charge in [0.2, 0.25) is 18.2 Å². The molecule has 3 fully saturated rings. The van der Waals surface area contributed by atoms with E-state index in [1.165, 1.54) is 32.4 Å². The van der Waals surface area contributed by atoms with Crippen LogP contribution in [-0.2, 0) is 23.9 Å². The highest BCUT2D eigenvalue weighted by molar-refractivity contribution is 5.82. The molecule has 43 heavy (non-hydrogen) atoms. The van der Waals surface area contributed by atoms with Crippen LogP contribution in [0.2, 0.25) is 0 Å². The van der Waals surface area contributed by atoms with E-state index in [4.69, 9.17) is 0 Å². The first kappa shape index (κ1) is 40.8. The molecule has 0 saturated carbocycles. The quantitative estimate of drug-likeness (QED) is 0.393. The fraction of sp³-hybridized carbons (Fsp3) is 0.879. The Morgan fingerprint density at radius 1 is 0.907 bits per heavy atom. The maximum absolute atomic E-state index is 12.8. The SMILES string of the molecule is CC(C)(C)OC=O.CC(C)C.CC(C)[C@@H](CN1CCC[C@H]1C(=O)N1CCCC1)N(C)C(=O)CNC=O.CN1CCCCC1. The molecule has 3 aliphatic heterocycles. The number of nitrogens with one attached hydrogen (secondary N) is 1. The van der Waals surface area contributed by atoms with Gasteiger partial charge in [0.15, 0.2) is 0 Å². The van der Waals surface area contributed by atoms with E-state index in [9.17, 15) is 19.2 Å². The summed E-state index contributed by atoms with van der Waals surface area (Å²) in [6.45, 7) is 22.6. The maximum Gasteiger partial charge on any atom is 0.293 e. The Morgan fingerprint density at radius 2 is 1.44 bits per heavy atom. The molecule has 3 aliphatic rings. The lowest BCUT2D eigenvalue weighted by molar-refractivity contribution is -0.139. The van der Waals surface area contributed by atoms with Crippen LogP contribution in [-0.4, -0.2) is 122 Å². The molecule has 0 bridgehead atoms. The van der Waals surface area contributed by atoms with Crippen LogP contribution in [0.1, 0.15) is 100 Å². The van der Waals surface area contributed by atoms with E-state index in [0.717, 1.165) is 51.2 Å². The monoisotopic (exact) mass is 611 g/mol. The molecular formula is C33H65N5O5. The van der Waals surface area contributed by atoms with Gasteiger partial charge in [-0.25, -0.2) is 0 Å². The summed E-state index contributed by atoms with van der Waals surface area (Å²) >= 11 is 0. The smallest absolute Gasteiger partial charge is 0.293 e. The second kappa shape index (κ2) is 22.3. The minimum Gasteiger partial charge on any atom is -0.462 e. The molecule has 0 aliphatic carbocycles. The van der Waals surface area contributed by atoms with Crippen LogP contribution in [0.15, 0.2) is 0 Å². The van der Waals surface area contributed by atoms with E-state index in [2.05, 4.69) is 61.5 Å². The predicted molar refractivity (Wildman–Crippen MR) is 175 cm³/mol. The van der Waals surface area contributed by atoms with Crippen LogP contribution < -0.4 is 5.32 Å². The Morgan fingerprint density at radius 3 is 1.84 bits per heavy atom. The van der Waals surface area contributed by atoms with Gasteiger partial charge in [0.25, 0.3) is 6.47 Å². The van der Waals surface area contributed by atoms with Crippen molar-refractivity contribution in [2.24, 2.45) is 11.8 Å². The summed E-state index contributed by atoms with van der Waals surface area (Å²) in [5.41, 5.74) is -0.318. The van der Waals surface area contributed by atoms with E-state index in [0.29, 0.717) is 19.4 Å². The number of amides is 3. The summed E-state index contributed by atoms with van der Waals surface area (Å²) < 4.78 is 4.55. The zero-order valence-electron chi connectivity index (χ0n) is 29.2. The third-order valence-electron chi connectivity index (χ3n) is 7.47. The molecule has 0 aromatic rings. The highest BCUT2D eigenvalue weighted by Gasteiger charge is 2.37. The first-order valence-corrected chi connectivity index (χ1v) is 16.4. The highest BCUT2D eigenvalue weighted by Crippen LogP contribution is 2.24. The van der Waals surface area contributed by atoms with Crippen molar-refractivity contribution in [3.8, 4) is 0 Å². The highest BCUT2D eigenvalue weighted by atomic mass is 16.5. The normalized spacial score (nSPS) is 19.6. The Balaban J connectivity index is 0.000000791. The molecule has 252 valence electrons. The molecule has 0 unspecified atom stereocenters. The number of rotatable bonds is 9. The molecule has 0 aromatic carbocycles. The van der Waals surface area contributed by atoms with Crippen LogP contribution in [0.4, 0.5) is 0 Å². The van der Waals surface area contributed by atoms with E-state index < -0.39 is 0 Å². The molecule has 2 atom stereocenters. The lowest BCUT2D eigenvalue weighted by atomic mass is 10.0. The third-order valence-corrected chi connectivity index (χ3v) is 7.47. The van der Waals surface area contributed by atoms with Gasteiger partial charge in [0, 0.05) is 32.7 Å². The van der Waals surface area contributed by atoms with E-state index in [-0.39, 0.29) is 42.0 Å². The number of hydrogen-bond donors (Lipinski definition) is 1. The van der Waals surface area contributed by atoms with Crippen molar-refractivity contribution in [2.75, 3.05) is 59.9 Å². The molecule has 0 spiro atoms. The van der Waals surface area contributed by atoms with Gasteiger partial charge < -0.3 is 24.8 Å². The van der Waals surface area contributed by atoms with Gasteiger partial charge in [0.1, 0.15) is 5.60 Å². The summed E-state index contributed by atoms with van der Waals surface area (Å²) in [6.07, 6.45) is 8.96. The largest absolute Gasteiger partial charge is 0.462 e. The van der Waals surface area contributed by atoms with E-state index >= 15 is 0 Å². The van der Waals surface area contributed by atoms with Crippen LogP contribution in [0.25, 0.3) is 0 Å². The molecule has 3 amide bonds. The first-order valence-electron chi connectivity index (χ1n) is 16.4. The van der Waals surface area contributed by atoms with Gasteiger partial charge in [-0.05, 0) is 97.8 Å². The van der Waals surface area contributed by atoms with Gasteiger partial charge in [-0.1, -0.05) is 41.0 Å². The topological polar surface area (TPSA) is 102 Å². The standard InChI is InChI=1S/C18H32N4O3.C6H13N.C5H10O2.C4H10/c1-14(2)16(20(3)17(24)11-19-13-23)12-22-10-6-7-15(22)18(25)21-8-4-5-9-21;1-7-5-3-2-4-6-7;1-5(2,3)7-4-6;1-4(2)3/h13-16H,4-12H2,1-3H3,(H,19,23);2-6H2,1H3;4H,1-3H3;4H,1-3H3/t15-,16+;;;/m0.../s1. The molecule has 1 N–H and O–H groups in total. The summed E-state index contributed by atoms with van der Waals surface area (Å²) in [7, 11) is 3.98. The Bertz CT molecular complexity index is 771. The fourth-order valence-corrected chi connectivity index (χ4v) is 5.13. The number of nitrogens with zero attached hydrogens (tertiary/aromatic N) is 4. The number of likely N-dealkylation sites (tertiary alicyclic amines) is 3. The first-order chi connectivity index (χ1) is 20.1. The van der Waals surface area contributed by atoms with Crippen LogP contribution >= 0.6 is 0 Å². The average Bonchev–Trinajstić information content (AvgIpc) is 3.62. The van der Waals surface area contributed by atoms with Crippen molar-refractivity contribution >= 4 is 24.7 Å².